The molecular weight excluding hydrogens is 188 g/mol. The lowest BCUT2D eigenvalue weighted by molar-refractivity contribution is 0.412. The normalized spacial score (nSPS) is 34.5. The van der Waals surface area contributed by atoms with Gasteiger partial charge in [0.25, 0.3) is 0 Å². The molecule has 80 valence electrons. The Hall–Kier alpha value is -1.16. The Morgan fingerprint density at radius 1 is 1.27 bits per heavy atom. The molecule has 2 saturated heterocycles. The number of anilines is 1. The zero-order chi connectivity index (χ0) is 10.3. The van der Waals surface area contributed by atoms with Gasteiger partial charge in [0.1, 0.15) is 12.1 Å². The van der Waals surface area contributed by atoms with E-state index in [1.807, 2.05) is 12.3 Å². The third-order valence-corrected chi connectivity index (χ3v) is 3.60. The molecule has 3 atom stereocenters. The smallest absolute Gasteiger partial charge is 0.132 e. The second-order valence-electron chi connectivity index (χ2n) is 4.59. The van der Waals surface area contributed by atoms with Crippen LogP contribution in [0, 0.1) is 0 Å². The second kappa shape index (κ2) is 3.45. The van der Waals surface area contributed by atoms with E-state index in [0.717, 1.165) is 18.7 Å². The summed E-state index contributed by atoms with van der Waals surface area (Å²) in [5.41, 5.74) is 6.04. The fourth-order valence-electron chi connectivity index (χ4n) is 3.03. The fourth-order valence-corrected chi connectivity index (χ4v) is 3.03. The highest BCUT2D eigenvalue weighted by molar-refractivity contribution is 5.42. The van der Waals surface area contributed by atoms with Crippen molar-refractivity contribution in [3.05, 3.63) is 18.6 Å². The minimum Gasteiger partial charge on any atom is -0.350 e. The number of fused-ring (bicyclic) bond motifs is 2. The number of aromatic nitrogens is 2. The van der Waals surface area contributed by atoms with Crippen LogP contribution in [0.15, 0.2) is 18.6 Å². The van der Waals surface area contributed by atoms with Gasteiger partial charge in [0.2, 0.25) is 0 Å². The molecule has 2 aliphatic rings. The highest BCUT2D eigenvalue weighted by Crippen LogP contribution is 2.37. The summed E-state index contributed by atoms with van der Waals surface area (Å²) < 4.78 is 0. The van der Waals surface area contributed by atoms with Gasteiger partial charge in [-0.05, 0) is 31.7 Å². The molecule has 2 bridgehead atoms. The Labute approximate surface area is 89.5 Å². The van der Waals surface area contributed by atoms with E-state index in [4.69, 9.17) is 5.73 Å². The van der Waals surface area contributed by atoms with Crippen LogP contribution in [0.3, 0.4) is 0 Å². The summed E-state index contributed by atoms with van der Waals surface area (Å²) in [6.07, 6.45) is 8.20. The molecule has 0 spiro atoms. The number of rotatable bonds is 1. The van der Waals surface area contributed by atoms with Gasteiger partial charge in [0.15, 0.2) is 0 Å². The molecule has 0 aromatic carbocycles. The summed E-state index contributed by atoms with van der Waals surface area (Å²) in [6, 6.07) is 3.60. The molecule has 3 rings (SSSR count). The van der Waals surface area contributed by atoms with Gasteiger partial charge in [-0.3, -0.25) is 0 Å². The summed E-state index contributed by atoms with van der Waals surface area (Å²) in [5.74, 6) is 1.07. The van der Waals surface area contributed by atoms with Crippen molar-refractivity contribution in [2.75, 3.05) is 4.90 Å². The molecule has 15 heavy (non-hydrogen) atoms. The standard InChI is InChI=1S/C11H16N4/c12-8-5-9-1-2-10(6-8)15(9)11-3-4-13-7-14-11/h3-4,7-10H,1-2,5-6,12H2/t8?,9-,10+. The van der Waals surface area contributed by atoms with E-state index in [2.05, 4.69) is 14.9 Å². The van der Waals surface area contributed by atoms with Gasteiger partial charge in [0, 0.05) is 24.3 Å². The average Bonchev–Trinajstić information content (AvgIpc) is 2.53. The summed E-state index contributed by atoms with van der Waals surface area (Å²) >= 11 is 0. The van der Waals surface area contributed by atoms with Crippen LogP contribution >= 0.6 is 0 Å². The van der Waals surface area contributed by atoms with Gasteiger partial charge in [-0.1, -0.05) is 0 Å². The molecule has 0 amide bonds. The molecule has 3 heterocycles. The largest absolute Gasteiger partial charge is 0.350 e. The van der Waals surface area contributed by atoms with Gasteiger partial charge >= 0.3 is 0 Å². The summed E-state index contributed by atoms with van der Waals surface area (Å²) in [4.78, 5) is 10.8. The summed E-state index contributed by atoms with van der Waals surface area (Å²) in [6.45, 7) is 0. The second-order valence-corrected chi connectivity index (χ2v) is 4.59. The Morgan fingerprint density at radius 3 is 2.60 bits per heavy atom. The van der Waals surface area contributed by atoms with E-state index >= 15 is 0 Å². The molecular formula is C11H16N4. The van der Waals surface area contributed by atoms with Crippen LogP contribution in [0.2, 0.25) is 0 Å². The van der Waals surface area contributed by atoms with E-state index in [0.29, 0.717) is 18.1 Å². The molecule has 1 aromatic heterocycles. The van der Waals surface area contributed by atoms with E-state index in [-0.39, 0.29) is 0 Å². The highest BCUT2D eigenvalue weighted by atomic mass is 15.3. The quantitative estimate of drug-likeness (QED) is 0.739. The Morgan fingerprint density at radius 2 is 2.00 bits per heavy atom. The van der Waals surface area contributed by atoms with Crippen LogP contribution < -0.4 is 10.6 Å². The van der Waals surface area contributed by atoms with Gasteiger partial charge in [-0.25, -0.2) is 9.97 Å². The molecule has 2 fully saturated rings. The van der Waals surface area contributed by atoms with Gasteiger partial charge in [-0.2, -0.15) is 0 Å². The van der Waals surface area contributed by atoms with Crippen molar-refractivity contribution < 1.29 is 0 Å². The zero-order valence-corrected chi connectivity index (χ0v) is 8.71. The predicted molar refractivity (Wildman–Crippen MR) is 58.5 cm³/mol. The van der Waals surface area contributed by atoms with E-state index in [1.54, 1.807) is 6.33 Å². The molecule has 1 unspecified atom stereocenters. The molecule has 4 heteroatoms. The minimum absolute atomic E-state index is 0.389. The third-order valence-electron chi connectivity index (χ3n) is 3.60. The number of nitrogens with two attached hydrogens (primary N) is 1. The lowest BCUT2D eigenvalue weighted by Gasteiger charge is -2.38. The number of hydrogen-bond donors (Lipinski definition) is 1. The first-order valence-corrected chi connectivity index (χ1v) is 5.64. The van der Waals surface area contributed by atoms with Crippen molar-refractivity contribution in [1.29, 1.82) is 0 Å². The van der Waals surface area contributed by atoms with Crippen LogP contribution in [0.25, 0.3) is 0 Å². The monoisotopic (exact) mass is 204 g/mol. The lowest BCUT2D eigenvalue weighted by atomic mass is 9.98. The number of piperidine rings is 1. The number of hydrogen-bond acceptors (Lipinski definition) is 4. The van der Waals surface area contributed by atoms with Crippen molar-refractivity contribution in [3.8, 4) is 0 Å². The van der Waals surface area contributed by atoms with Crippen molar-refractivity contribution in [3.63, 3.8) is 0 Å². The topological polar surface area (TPSA) is 55.0 Å². The molecule has 0 radical (unpaired) electrons. The molecule has 0 aliphatic carbocycles. The average molecular weight is 204 g/mol. The van der Waals surface area contributed by atoms with Crippen molar-refractivity contribution in [2.45, 2.75) is 43.8 Å². The van der Waals surface area contributed by atoms with E-state index < -0.39 is 0 Å². The van der Waals surface area contributed by atoms with E-state index in [1.165, 1.54) is 12.8 Å². The minimum atomic E-state index is 0.389. The van der Waals surface area contributed by atoms with Crippen LogP contribution in [-0.2, 0) is 0 Å². The Balaban J connectivity index is 1.89. The van der Waals surface area contributed by atoms with Crippen LogP contribution in [-0.4, -0.2) is 28.1 Å². The van der Waals surface area contributed by atoms with Gasteiger partial charge in [0.05, 0.1) is 0 Å². The highest BCUT2D eigenvalue weighted by Gasteiger charge is 2.40. The maximum absolute atomic E-state index is 6.04. The summed E-state index contributed by atoms with van der Waals surface area (Å²) in [7, 11) is 0. The molecule has 1 aromatic rings. The van der Waals surface area contributed by atoms with Gasteiger partial charge in [-0.15, -0.1) is 0 Å². The first kappa shape index (κ1) is 9.09. The maximum atomic E-state index is 6.04. The van der Waals surface area contributed by atoms with Crippen LogP contribution in [0.1, 0.15) is 25.7 Å². The molecule has 4 nitrogen and oxygen atoms in total. The SMILES string of the molecule is NC1C[C@H]2CC[C@@H](C1)N2c1ccncn1. The first-order valence-electron chi connectivity index (χ1n) is 5.64. The molecule has 2 N–H and O–H groups in total. The van der Waals surface area contributed by atoms with Crippen molar-refractivity contribution in [2.24, 2.45) is 5.73 Å². The zero-order valence-electron chi connectivity index (χ0n) is 8.71. The Kier molecular flexibility index (Phi) is 2.09. The molecule has 2 aliphatic heterocycles. The predicted octanol–water partition coefficient (Wildman–Crippen LogP) is 0.935. The van der Waals surface area contributed by atoms with E-state index in [9.17, 15) is 0 Å². The lowest BCUT2D eigenvalue weighted by Crippen LogP contribution is -2.47. The van der Waals surface area contributed by atoms with Crippen LogP contribution in [0.4, 0.5) is 5.82 Å². The molecule has 0 saturated carbocycles. The number of nitrogens with zero attached hydrogens (tertiary/aromatic N) is 3. The summed E-state index contributed by atoms with van der Waals surface area (Å²) in [5, 5.41) is 0. The fraction of sp³-hybridized carbons (Fsp3) is 0.636. The Bertz CT molecular complexity index is 326. The third kappa shape index (κ3) is 1.49. The van der Waals surface area contributed by atoms with Crippen molar-refractivity contribution >= 4 is 5.82 Å². The van der Waals surface area contributed by atoms with Crippen molar-refractivity contribution in [1.82, 2.24) is 9.97 Å². The van der Waals surface area contributed by atoms with Gasteiger partial charge < -0.3 is 10.6 Å². The van der Waals surface area contributed by atoms with Crippen LogP contribution in [0.5, 0.6) is 0 Å². The first-order chi connectivity index (χ1) is 7.34. The maximum Gasteiger partial charge on any atom is 0.132 e.